The van der Waals surface area contributed by atoms with Crippen molar-refractivity contribution in [3.05, 3.63) is 29.3 Å². The van der Waals surface area contributed by atoms with Crippen LogP contribution in [0.2, 0.25) is 0 Å². The van der Waals surface area contributed by atoms with Gasteiger partial charge in [0.05, 0.1) is 25.2 Å². The predicted molar refractivity (Wildman–Crippen MR) is 73.4 cm³/mol. The fourth-order valence-electron chi connectivity index (χ4n) is 2.73. The standard InChI is InChI=1S/C15H18N2O3/c1-20-14-5-4-11(9-16)7-12(14)10-17-6-2-3-13(17)8-15(18)19/h4-5,7,13H,2-3,6,8,10H2,1H3,(H,18,19). The van der Waals surface area contributed by atoms with Gasteiger partial charge in [-0.2, -0.15) is 5.26 Å². The van der Waals surface area contributed by atoms with E-state index in [1.165, 1.54) is 0 Å². The predicted octanol–water partition coefficient (Wildman–Crippen LogP) is 2.01. The summed E-state index contributed by atoms with van der Waals surface area (Å²) < 4.78 is 5.32. The summed E-state index contributed by atoms with van der Waals surface area (Å²) in [5.74, 6) is -0.0235. The molecule has 1 aliphatic heterocycles. The molecule has 1 atom stereocenters. The van der Waals surface area contributed by atoms with Gasteiger partial charge >= 0.3 is 5.97 Å². The number of methoxy groups -OCH3 is 1. The molecule has 1 N–H and O–H groups in total. The Labute approximate surface area is 118 Å². The Hall–Kier alpha value is -2.06. The van der Waals surface area contributed by atoms with E-state index in [1.807, 2.05) is 6.07 Å². The lowest BCUT2D eigenvalue weighted by Gasteiger charge is -2.24. The molecule has 5 nitrogen and oxygen atoms in total. The van der Waals surface area contributed by atoms with E-state index >= 15 is 0 Å². The molecule has 5 heteroatoms. The zero-order chi connectivity index (χ0) is 14.5. The number of likely N-dealkylation sites (tertiary alicyclic amines) is 1. The first-order chi connectivity index (χ1) is 9.63. The van der Waals surface area contributed by atoms with E-state index in [9.17, 15) is 4.79 Å². The van der Waals surface area contributed by atoms with Crippen molar-refractivity contribution in [3.63, 3.8) is 0 Å². The highest BCUT2D eigenvalue weighted by atomic mass is 16.5. The summed E-state index contributed by atoms with van der Waals surface area (Å²) in [6.07, 6.45) is 2.09. The third-order valence-electron chi connectivity index (χ3n) is 3.69. The first kappa shape index (κ1) is 14.4. The van der Waals surface area contributed by atoms with Gasteiger partial charge in [-0.15, -0.1) is 0 Å². The average Bonchev–Trinajstić information content (AvgIpc) is 2.85. The van der Waals surface area contributed by atoms with Gasteiger partial charge in [0.15, 0.2) is 0 Å². The van der Waals surface area contributed by atoms with E-state index in [4.69, 9.17) is 15.1 Å². The minimum atomic E-state index is -0.764. The lowest BCUT2D eigenvalue weighted by atomic mass is 10.1. The van der Waals surface area contributed by atoms with Crippen LogP contribution in [0.3, 0.4) is 0 Å². The maximum absolute atomic E-state index is 10.9. The minimum absolute atomic E-state index is 0.0722. The first-order valence-electron chi connectivity index (χ1n) is 6.67. The molecule has 1 aliphatic rings. The van der Waals surface area contributed by atoms with Gasteiger partial charge in [0.25, 0.3) is 0 Å². The average molecular weight is 274 g/mol. The second-order valence-corrected chi connectivity index (χ2v) is 5.00. The van der Waals surface area contributed by atoms with Crippen molar-refractivity contribution in [1.82, 2.24) is 4.90 Å². The molecular formula is C15H18N2O3. The maximum atomic E-state index is 10.9. The number of hydrogen-bond acceptors (Lipinski definition) is 4. The summed E-state index contributed by atoms with van der Waals surface area (Å²) in [6, 6.07) is 7.52. The first-order valence-corrected chi connectivity index (χ1v) is 6.67. The van der Waals surface area contributed by atoms with E-state index in [-0.39, 0.29) is 12.5 Å². The van der Waals surface area contributed by atoms with Crippen molar-refractivity contribution in [2.75, 3.05) is 13.7 Å². The monoisotopic (exact) mass is 274 g/mol. The van der Waals surface area contributed by atoms with Gasteiger partial charge in [0, 0.05) is 18.2 Å². The molecule has 1 unspecified atom stereocenters. The number of carbonyl (C=O) groups is 1. The molecule has 1 heterocycles. The highest BCUT2D eigenvalue weighted by molar-refractivity contribution is 5.67. The molecule has 20 heavy (non-hydrogen) atoms. The largest absolute Gasteiger partial charge is 0.496 e. The van der Waals surface area contributed by atoms with Crippen molar-refractivity contribution in [2.45, 2.75) is 31.8 Å². The molecule has 0 aliphatic carbocycles. The number of ether oxygens (including phenoxy) is 1. The maximum Gasteiger partial charge on any atom is 0.304 e. The fourth-order valence-corrected chi connectivity index (χ4v) is 2.73. The smallest absolute Gasteiger partial charge is 0.304 e. The van der Waals surface area contributed by atoms with E-state index in [0.29, 0.717) is 12.1 Å². The summed E-state index contributed by atoms with van der Waals surface area (Å²) in [7, 11) is 1.60. The van der Waals surface area contributed by atoms with Crippen molar-refractivity contribution in [1.29, 1.82) is 5.26 Å². The normalized spacial score (nSPS) is 18.7. The van der Waals surface area contributed by atoms with Crippen LogP contribution in [-0.4, -0.2) is 35.7 Å². The Morgan fingerprint density at radius 3 is 3.05 bits per heavy atom. The summed E-state index contributed by atoms with van der Waals surface area (Å²) in [6.45, 7) is 1.51. The van der Waals surface area contributed by atoms with Crippen LogP contribution < -0.4 is 4.74 Å². The molecule has 1 fully saturated rings. The minimum Gasteiger partial charge on any atom is -0.496 e. The topological polar surface area (TPSA) is 73.6 Å². The Kier molecular flexibility index (Phi) is 4.59. The van der Waals surface area contributed by atoms with Gasteiger partial charge in [-0.3, -0.25) is 9.69 Å². The number of aliphatic carboxylic acids is 1. The molecule has 1 aromatic rings. The summed E-state index contributed by atoms with van der Waals surface area (Å²) in [5.41, 5.74) is 1.53. The second kappa shape index (κ2) is 6.40. The highest BCUT2D eigenvalue weighted by Gasteiger charge is 2.27. The zero-order valence-electron chi connectivity index (χ0n) is 11.5. The van der Waals surface area contributed by atoms with Crippen LogP contribution in [0.5, 0.6) is 5.75 Å². The molecule has 0 amide bonds. The third-order valence-corrected chi connectivity index (χ3v) is 3.69. The molecule has 106 valence electrons. The summed E-state index contributed by atoms with van der Waals surface area (Å²) >= 11 is 0. The molecule has 0 radical (unpaired) electrons. The van der Waals surface area contributed by atoms with Crippen molar-refractivity contribution in [2.24, 2.45) is 0 Å². The van der Waals surface area contributed by atoms with Crippen molar-refractivity contribution < 1.29 is 14.6 Å². The highest BCUT2D eigenvalue weighted by Crippen LogP contribution is 2.27. The summed E-state index contributed by atoms with van der Waals surface area (Å²) in [5, 5.41) is 17.9. The number of nitrogens with zero attached hydrogens (tertiary/aromatic N) is 2. The Morgan fingerprint density at radius 2 is 2.40 bits per heavy atom. The lowest BCUT2D eigenvalue weighted by molar-refractivity contribution is -0.138. The SMILES string of the molecule is COc1ccc(C#N)cc1CN1CCCC1CC(=O)O. The van der Waals surface area contributed by atoms with Gasteiger partial charge in [0.1, 0.15) is 5.75 Å². The van der Waals surface area contributed by atoms with Crippen LogP contribution in [-0.2, 0) is 11.3 Å². The van der Waals surface area contributed by atoms with Crippen LogP contribution in [0.1, 0.15) is 30.4 Å². The molecule has 1 saturated heterocycles. The van der Waals surface area contributed by atoms with E-state index in [2.05, 4.69) is 11.0 Å². The van der Waals surface area contributed by atoms with Crippen molar-refractivity contribution >= 4 is 5.97 Å². The molecular weight excluding hydrogens is 256 g/mol. The zero-order valence-corrected chi connectivity index (χ0v) is 11.5. The van der Waals surface area contributed by atoms with Gasteiger partial charge in [-0.1, -0.05) is 0 Å². The van der Waals surface area contributed by atoms with Crippen LogP contribution in [0, 0.1) is 11.3 Å². The van der Waals surface area contributed by atoms with Crippen molar-refractivity contribution in [3.8, 4) is 11.8 Å². The number of carboxylic acid groups (broad SMARTS) is 1. The van der Waals surface area contributed by atoms with Crippen LogP contribution in [0.4, 0.5) is 0 Å². The van der Waals surface area contributed by atoms with Gasteiger partial charge in [-0.25, -0.2) is 0 Å². The van der Waals surface area contributed by atoms with Gasteiger partial charge < -0.3 is 9.84 Å². The lowest BCUT2D eigenvalue weighted by Crippen LogP contribution is -2.31. The quantitative estimate of drug-likeness (QED) is 0.889. The number of rotatable bonds is 5. The number of carboxylic acids is 1. The molecule has 0 spiro atoms. The van der Waals surface area contributed by atoms with E-state index in [0.717, 1.165) is 30.7 Å². The third kappa shape index (κ3) is 3.28. The van der Waals surface area contributed by atoms with E-state index in [1.54, 1.807) is 19.2 Å². The Morgan fingerprint density at radius 1 is 1.60 bits per heavy atom. The molecule has 0 bridgehead atoms. The second-order valence-electron chi connectivity index (χ2n) is 5.00. The van der Waals surface area contributed by atoms with Gasteiger partial charge in [0.2, 0.25) is 0 Å². The fraction of sp³-hybridized carbons (Fsp3) is 0.467. The number of nitriles is 1. The van der Waals surface area contributed by atoms with Crippen LogP contribution >= 0.6 is 0 Å². The molecule has 0 aromatic heterocycles. The van der Waals surface area contributed by atoms with Crippen LogP contribution in [0.15, 0.2) is 18.2 Å². The molecule has 1 aromatic carbocycles. The summed E-state index contributed by atoms with van der Waals surface area (Å²) in [4.78, 5) is 13.0. The molecule has 0 saturated carbocycles. The number of benzene rings is 1. The Bertz CT molecular complexity index is 536. The Balaban J connectivity index is 2.16. The van der Waals surface area contributed by atoms with Crippen LogP contribution in [0.25, 0.3) is 0 Å². The van der Waals surface area contributed by atoms with Gasteiger partial charge in [-0.05, 0) is 37.6 Å². The number of hydrogen-bond donors (Lipinski definition) is 1. The van der Waals surface area contributed by atoms with E-state index < -0.39 is 5.97 Å². The molecule has 2 rings (SSSR count).